The fourth-order valence-electron chi connectivity index (χ4n) is 2.77. The van der Waals surface area contributed by atoms with E-state index in [1.807, 2.05) is 0 Å². The first kappa shape index (κ1) is 18.0. The van der Waals surface area contributed by atoms with Crippen molar-refractivity contribution < 1.29 is 0 Å². The van der Waals surface area contributed by atoms with Crippen LogP contribution in [0.3, 0.4) is 0 Å². The zero-order valence-corrected chi connectivity index (χ0v) is 15.3. The third-order valence-electron chi connectivity index (χ3n) is 3.65. The van der Waals surface area contributed by atoms with Crippen molar-refractivity contribution in [2.45, 2.75) is 40.5 Å². The van der Waals surface area contributed by atoms with Gasteiger partial charge in [-0.2, -0.15) is 0 Å². The van der Waals surface area contributed by atoms with E-state index in [-0.39, 0.29) is 0 Å². The van der Waals surface area contributed by atoms with Crippen molar-refractivity contribution in [1.29, 1.82) is 0 Å². The molecule has 0 fully saturated rings. The van der Waals surface area contributed by atoms with Crippen molar-refractivity contribution in [3.8, 4) is 0 Å². The number of benzene rings is 4. The standard InChI is InChI=1S/C18H12.2C3H8/c1-3-7-15-13(5-1)9-11-18-16-8-4-2-6-14(16)10-12-17(15)18;2*1-3-2/h1-12H;2*3H2,1-2H3. The molecule has 0 heterocycles. The zero-order valence-electron chi connectivity index (χ0n) is 15.3. The van der Waals surface area contributed by atoms with Crippen LogP contribution >= 0.6 is 0 Å². The topological polar surface area (TPSA) is 0 Å². The first-order chi connectivity index (χ1) is 11.8. The molecule has 0 nitrogen and oxygen atoms in total. The van der Waals surface area contributed by atoms with Crippen molar-refractivity contribution in [3.05, 3.63) is 72.8 Å². The lowest BCUT2D eigenvalue weighted by Crippen LogP contribution is -1.79. The van der Waals surface area contributed by atoms with Crippen LogP contribution in [0.25, 0.3) is 32.3 Å². The van der Waals surface area contributed by atoms with Crippen LogP contribution < -0.4 is 0 Å². The summed E-state index contributed by atoms with van der Waals surface area (Å²) in [6, 6.07) is 26.0. The maximum absolute atomic E-state index is 2.24. The van der Waals surface area contributed by atoms with Crippen molar-refractivity contribution in [3.63, 3.8) is 0 Å². The van der Waals surface area contributed by atoms with Crippen molar-refractivity contribution in [1.82, 2.24) is 0 Å². The molecular formula is C24H28. The van der Waals surface area contributed by atoms with Gasteiger partial charge in [0, 0.05) is 0 Å². The van der Waals surface area contributed by atoms with Gasteiger partial charge in [-0.3, -0.25) is 0 Å². The van der Waals surface area contributed by atoms with E-state index in [1.165, 1.54) is 45.2 Å². The highest BCUT2D eigenvalue weighted by Crippen LogP contribution is 2.30. The minimum Gasteiger partial charge on any atom is -0.0656 e. The minimum absolute atomic E-state index is 1.25. The summed E-state index contributed by atoms with van der Waals surface area (Å²) < 4.78 is 0. The van der Waals surface area contributed by atoms with Crippen LogP contribution in [0, 0.1) is 0 Å². The Bertz CT molecular complexity index is 826. The number of fused-ring (bicyclic) bond motifs is 5. The summed E-state index contributed by atoms with van der Waals surface area (Å²) in [7, 11) is 0. The Labute approximate surface area is 146 Å². The lowest BCUT2D eigenvalue weighted by molar-refractivity contribution is 1.09. The average molecular weight is 316 g/mol. The molecule has 0 N–H and O–H groups in total. The van der Waals surface area contributed by atoms with Gasteiger partial charge in [0.15, 0.2) is 0 Å². The highest BCUT2D eigenvalue weighted by molar-refractivity contribution is 6.17. The molecular weight excluding hydrogens is 288 g/mol. The van der Waals surface area contributed by atoms with E-state index in [9.17, 15) is 0 Å². The fourth-order valence-corrected chi connectivity index (χ4v) is 2.77. The highest BCUT2D eigenvalue weighted by Gasteiger charge is 2.03. The highest BCUT2D eigenvalue weighted by atomic mass is 14.1. The van der Waals surface area contributed by atoms with Crippen LogP contribution in [-0.4, -0.2) is 0 Å². The second-order valence-electron chi connectivity index (χ2n) is 6.08. The molecule has 4 aromatic carbocycles. The first-order valence-electron chi connectivity index (χ1n) is 9.05. The van der Waals surface area contributed by atoms with Gasteiger partial charge < -0.3 is 0 Å². The lowest BCUT2D eigenvalue weighted by atomic mass is 9.97. The van der Waals surface area contributed by atoms with Crippen molar-refractivity contribution in [2.75, 3.05) is 0 Å². The SMILES string of the molecule is CCC.CCC.c1ccc2c(c1)ccc1c3ccccc3ccc21. The van der Waals surface area contributed by atoms with Gasteiger partial charge in [0.05, 0.1) is 0 Å². The average Bonchev–Trinajstić information content (AvgIpc) is 2.62. The summed E-state index contributed by atoms with van der Waals surface area (Å²) in [5.41, 5.74) is 0. The predicted octanol–water partition coefficient (Wildman–Crippen LogP) is 7.98. The molecule has 4 aromatic rings. The summed E-state index contributed by atoms with van der Waals surface area (Å²) in [6.07, 6.45) is 2.50. The third kappa shape index (κ3) is 3.94. The second-order valence-corrected chi connectivity index (χ2v) is 6.08. The van der Waals surface area contributed by atoms with Gasteiger partial charge in [0.2, 0.25) is 0 Å². The molecule has 0 saturated carbocycles. The van der Waals surface area contributed by atoms with Crippen LogP contribution in [0.4, 0.5) is 0 Å². The van der Waals surface area contributed by atoms with E-state index in [2.05, 4.69) is 100 Å². The predicted molar refractivity (Wildman–Crippen MR) is 111 cm³/mol. The van der Waals surface area contributed by atoms with Gasteiger partial charge in [-0.15, -0.1) is 0 Å². The van der Waals surface area contributed by atoms with E-state index >= 15 is 0 Å². The normalized spacial score (nSPS) is 10.0. The molecule has 4 rings (SSSR count). The van der Waals surface area contributed by atoms with E-state index in [0.29, 0.717) is 0 Å². The van der Waals surface area contributed by atoms with Crippen molar-refractivity contribution in [2.24, 2.45) is 0 Å². The van der Waals surface area contributed by atoms with Gasteiger partial charge in [-0.25, -0.2) is 0 Å². The maximum atomic E-state index is 2.24. The Hall–Kier alpha value is -2.34. The minimum atomic E-state index is 1.25. The number of hydrogen-bond donors (Lipinski definition) is 0. The van der Waals surface area contributed by atoms with E-state index < -0.39 is 0 Å². The molecule has 124 valence electrons. The summed E-state index contributed by atoms with van der Waals surface area (Å²) in [6.45, 7) is 8.50. The molecule has 0 atom stereocenters. The van der Waals surface area contributed by atoms with Crippen LogP contribution in [-0.2, 0) is 0 Å². The molecule has 0 aliphatic heterocycles. The summed E-state index contributed by atoms with van der Waals surface area (Å²) >= 11 is 0. The van der Waals surface area contributed by atoms with Crippen LogP contribution in [0.1, 0.15) is 40.5 Å². The van der Waals surface area contributed by atoms with Crippen LogP contribution in [0.15, 0.2) is 72.8 Å². The zero-order chi connectivity index (χ0) is 17.4. The summed E-state index contributed by atoms with van der Waals surface area (Å²) in [5, 5.41) is 7.96. The largest absolute Gasteiger partial charge is 0.0656 e. The Morgan fingerprint density at radius 3 is 1.12 bits per heavy atom. The fraction of sp³-hybridized carbons (Fsp3) is 0.250. The molecule has 0 aliphatic rings. The van der Waals surface area contributed by atoms with Crippen LogP contribution in [0.5, 0.6) is 0 Å². The van der Waals surface area contributed by atoms with Gasteiger partial charge >= 0.3 is 0 Å². The van der Waals surface area contributed by atoms with Gasteiger partial charge in [-0.05, 0) is 32.3 Å². The molecule has 0 heteroatoms. The molecule has 0 saturated heterocycles. The Kier molecular flexibility index (Phi) is 6.81. The molecule has 0 spiro atoms. The van der Waals surface area contributed by atoms with Gasteiger partial charge in [0.1, 0.15) is 0 Å². The molecule has 0 unspecified atom stereocenters. The smallest absolute Gasteiger partial charge is 0.00990 e. The molecule has 0 aliphatic carbocycles. The van der Waals surface area contributed by atoms with Gasteiger partial charge in [0.25, 0.3) is 0 Å². The maximum Gasteiger partial charge on any atom is -0.00990 e. The molecule has 0 amide bonds. The second kappa shape index (κ2) is 9.08. The van der Waals surface area contributed by atoms with Crippen LogP contribution in [0.2, 0.25) is 0 Å². The quantitative estimate of drug-likeness (QED) is 0.288. The first-order valence-corrected chi connectivity index (χ1v) is 9.05. The summed E-state index contributed by atoms with van der Waals surface area (Å²) in [5.74, 6) is 0. The molecule has 0 aromatic heterocycles. The molecule has 0 bridgehead atoms. The monoisotopic (exact) mass is 316 g/mol. The van der Waals surface area contributed by atoms with E-state index in [1.54, 1.807) is 0 Å². The summed E-state index contributed by atoms with van der Waals surface area (Å²) in [4.78, 5) is 0. The molecule has 24 heavy (non-hydrogen) atoms. The Balaban J connectivity index is 0.000000308. The molecule has 0 radical (unpaired) electrons. The van der Waals surface area contributed by atoms with Gasteiger partial charge in [-0.1, -0.05) is 113 Å². The Morgan fingerprint density at radius 2 is 0.750 bits per heavy atom. The number of hydrogen-bond acceptors (Lipinski definition) is 0. The van der Waals surface area contributed by atoms with Crippen molar-refractivity contribution >= 4 is 32.3 Å². The number of rotatable bonds is 0. The van der Waals surface area contributed by atoms with E-state index in [0.717, 1.165) is 0 Å². The third-order valence-corrected chi connectivity index (χ3v) is 3.65. The van der Waals surface area contributed by atoms with E-state index in [4.69, 9.17) is 0 Å². The Morgan fingerprint density at radius 1 is 0.417 bits per heavy atom. The lowest BCUT2D eigenvalue weighted by Gasteiger charge is -2.07.